The van der Waals surface area contributed by atoms with E-state index in [2.05, 4.69) is 5.32 Å². The van der Waals surface area contributed by atoms with Crippen molar-refractivity contribution in [3.05, 3.63) is 23.3 Å². The molecule has 6 heteroatoms. The second-order valence-electron chi connectivity index (χ2n) is 3.69. The van der Waals surface area contributed by atoms with E-state index in [0.29, 0.717) is 11.3 Å². The number of carboxylic acid groups (broad SMARTS) is 1. The lowest BCUT2D eigenvalue weighted by molar-refractivity contribution is -0.131. The molecule has 0 bridgehead atoms. The fourth-order valence-corrected chi connectivity index (χ4v) is 1.52. The number of carboxylic acids is 1. The molecule has 0 heterocycles. The van der Waals surface area contributed by atoms with Gasteiger partial charge in [-0.2, -0.15) is 0 Å². The van der Waals surface area contributed by atoms with Gasteiger partial charge < -0.3 is 15.2 Å². The standard InChI is InChI=1S/C12H13NO5/c1-6-9(13-7(2)14)4-5-10(18-8(3)15)11(6)12(16)17/h4-5H,1-3H3,(H,13,14)(H,16,17). The molecule has 0 aliphatic rings. The molecule has 0 spiro atoms. The smallest absolute Gasteiger partial charge is 0.339 e. The molecule has 1 aromatic rings. The summed E-state index contributed by atoms with van der Waals surface area (Å²) in [5.41, 5.74) is 0.559. The van der Waals surface area contributed by atoms with Crippen LogP contribution in [0, 0.1) is 6.92 Å². The Morgan fingerprint density at radius 1 is 1.22 bits per heavy atom. The maximum Gasteiger partial charge on any atom is 0.339 e. The van der Waals surface area contributed by atoms with Crippen molar-refractivity contribution < 1.29 is 24.2 Å². The normalized spacial score (nSPS) is 9.72. The first-order valence-electron chi connectivity index (χ1n) is 5.15. The SMILES string of the molecule is CC(=O)Nc1ccc(OC(C)=O)c(C(=O)O)c1C. The van der Waals surface area contributed by atoms with E-state index in [-0.39, 0.29) is 17.2 Å². The highest BCUT2D eigenvalue weighted by molar-refractivity contribution is 5.98. The van der Waals surface area contributed by atoms with Crippen LogP contribution >= 0.6 is 0 Å². The van der Waals surface area contributed by atoms with Gasteiger partial charge in [0.25, 0.3) is 0 Å². The third-order valence-corrected chi connectivity index (χ3v) is 2.21. The van der Waals surface area contributed by atoms with Crippen LogP contribution < -0.4 is 10.1 Å². The van der Waals surface area contributed by atoms with Gasteiger partial charge in [0.05, 0.1) is 0 Å². The molecule has 0 aliphatic heterocycles. The zero-order valence-corrected chi connectivity index (χ0v) is 10.2. The van der Waals surface area contributed by atoms with Crippen LogP contribution in [0.15, 0.2) is 12.1 Å². The first-order valence-corrected chi connectivity index (χ1v) is 5.15. The quantitative estimate of drug-likeness (QED) is 0.628. The van der Waals surface area contributed by atoms with E-state index in [4.69, 9.17) is 9.84 Å². The van der Waals surface area contributed by atoms with Gasteiger partial charge in [-0.1, -0.05) is 0 Å². The van der Waals surface area contributed by atoms with Crippen LogP contribution in [-0.4, -0.2) is 23.0 Å². The summed E-state index contributed by atoms with van der Waals surface area (Å²) < 4.78 is 4.82. The summed E-state index contributed by atoms with van der Waals surface area (Å²) in [7, 11) is 0. The maximum atomic E-state index is 11.2. The van der Waals surface area contributed by atoms with E-state index in [1.807, 2.05) is 0 Å². The van der Waals surface area contributed by atoms with Crippen LogP contribution in [0.4, 0.5) is 5.69 Å². The lowest BCUT2D eigenvalue weighted by atomic mass is 10.1. The first kappa shape index (κ1) is 13.7. The predicted octanol–water partition coefficient (Wildman–Crippen LogP) is 1.58. The summed E-state index contributed by atoms with van der Waals surface area (Å²) in [6, 6.07) is 2.82. The molecule has 0 fully saturated rings. The largest absolute Gasteiger partial charge is 0.478 e. The third kappa shape index (κ3) is 3.07. The van der Waals surface area contributed by atoms with Crippen LogP contribution in [0.1, 0.15) is 29.8 Å². The first-order chi connectivity index (χ1) is 8.32. The molecule has 0 unspecified atom stereocenters. The third-order valence-electron chi connectivity index (χ3n) is 2.21. The number of esters is 1. The lowest BCUT2D eigenvalue weighted by Crippen LogP contribution is -2.13. The topological polar surface area (TPSA) is 92.7 Å². The second-order valence-corrected chi connectivity index (χ2v) is 3.69. The molecule has 96 valence electrons. The van der Waals surface area contributed by atoms with Crippen molar-refractivity contribution in [3.63, 3.8) is 0 Å². The Bertz CT molecular complexity index is 521. The molecule has 1 amide bonds. The summed E-state index contributed by atoms with van der Waals surface area (Å²) >= 11 is 0. The Balaban J connectivity index is 3.32. The average Bonchev–Trinajstić information content (AvgIpc) is 2.20. The van der Waals surface area contributed by atoms with Gasteiger partial charge in [0, 0.05) is 19.5 Å². The number of hydrogen-bond donors (Lipinski definition) is 2. The van der Waals surface area contributed by atoms with Gasteiger partial charge in [0.2, 0.25) is 5.91 Å². The van der Waals surface area contributed by atoms with Crippen molar-refractivity contribution in [2.24, 2.45) is 0 Å². The molecular weight excluding hydrogens is 238 g/mol. The number of nitrogens with one attached hydrogen (secondary N) is 1. The Morgan fingerprint density at radius 2 is 1.83 bits per heavy atom. The van der Waals surface area contributed by atoms with Gasteiger partial charge in [-0.25, -0.2) is 4.79 Å². The van der Waals surface area contributed by atoms with Gasteiger partial charge in [-0.05, 0) is 24.6 Å². The van der Waals surface area contributed by atoms with Crippen LogP contribution in [0.2, 0.25) is 0 Å². The molecule has 18 heavy (non-hydrogen) atoms. The van der Waals surface area contributed by atoms with E-state index in [0.717, 1.165) is 0 Å². The van der Waals surface area contributed by atoms with Crippen LogP contribution in [-0.2, 0) is 9.59 Å². The van der Waals surface area contributed by atoms with E-state index in [1.54, 1.807) is 0 Å². The van der Waals surface area contributed by atoms with Crippen molar-refractivity contribution in [2.45, 2.75) is 20.8 Å². The molecule has 0 aromatic heterocycles. The fourth-order valence-electron chi connectivity index (χ4n) is 1.52. The van der Waals surface area contributed by atoms with Gasteiger partial charge in [-0.15, -0.1) is 0 Å². The highest BCUT2D eigenvalue weighted by atomic mass is 16.5. The molecule has 1 rings (SSSR count). The molecule has 0 atom stereocenters. The molecule has 6 nitrogen and oxygen atoms in total. The van der Waals surface area contributed by atoms with Gasteiger partial charge in [0.15, 0.2) is 0 Å². The average molecular weight is 251 g/mol. The summed E-state index contributed by atoms with van der Waals surface area (Å²) in [5, 5.41) is 11.6. The minimum Gasteiger partial charge on any atom is -0.478 e. The van der Waals surface area contributed by atoms with Gasteiger partial charge in [0.1, 0.15) is 11.3 Å². The molecule has 0 radical (unpaired) electrons. The lowest BCUT2D eigenvalue weighted by Gasteiger charge is -2.12. The second kappa shape index (κ2) is 5.31. The van der Waals surface area contributed by atoms with E-state index in [1.165, 1.54) is 32.9 Å². The number of benzene rings is 1. The molecule has 0 saturated heterocycles. The highest BCUT2D eigenvalue weighted by Gasteiger charge is 2.19. The van der Waals surface area contributed by atoms with Gasteiger partial charge >= 0.3 is 11.9 Å². The Labute approximate surface area is 104 Å². The molecule has 1 aromatic carbocycles. The number of aromatic carboxylic acids is 1. The number of amides is 1. The van der Waals surface area contributed by atoms with Crippen LogP contribution in [0.5, 0.6) is 5.75 Å². The zero-order valence-electron chi connectivity index (χ0n) is 10.2. The number of rotatable bonds is 3. The number of hydrogen-bond acceptors (Lipinski definition) is 4. The minimum absolute atomic E-state index is 0.0402. The molecule has 2 N–H and O–H groups in total. The summed E-state index contributed by atoms with van der Waals surface area (Å²) in [4.78, 5) is 33.0. The Hall–Kier alpha value is -2.37. The predicted molar refractivity (Wildman–Crippen MR) is 63.8 cm³/mol. The van der Waals surface area contributed by atoms with Crippen molar-refractivity contribution in [2.75, 3.05) is 5.32 Å². The van der Waals surface area contributed by atoms with E-state index >= 15 is 0 Å². The highest BCUT2D eigenvalue weighted by Crippen LogP contribution is 2.28. The number of carbonyl (C=O) groups is 3. The fraction of sp³-hybridized carbons (Fsp3) is 0.250. The molecular formula is C12H13NO5. The zero-order chi connectivity index (χ0) is 13.9. The van der Waals surface area contributed by atoms with Crippen molar-refractivity contribution >= 4 is 23.5 Å². The number of carbonyl (C=O) groups excluding carboxylic acids is 2. The van der Waals surface area contributed by atoms with Crippen molar-refractivity contribution in [3.8, 4) is 5.75 Å². The molecule has 0 saturated carbocycles. The Morgan fingerprint density at radius 3 is 2.28 bits per heavy atom. The summed E-state index contributed by atoms with van der Waals surface area (Å²) in [6.07, 6.45) is 0. The monoisotopic (exact) mass is 251 g/mol. The maximum absolute atomic E-state index is 11.2. The van der Waals surface area contributed by atoms with Crippen molar-refractivity contribution in [1.82, 2.24) is 0 Å². The van der Waals surface area contributed by atoms with Gasteiger partial charge in [-0.3, -0.25) is 9.59 Å². The minimum atomic E-state index is -1.23. The summed E-state index contributed by atoms with van der Waals surface area (Å²) in [6.45, 7) is 4.03. The van der Waals surface area contributed by atoms with Crippen molar-refractivity contribution in [1.29, 1.82) is 0 Å². The van der Waals surface area contributed by atoms with E-state index in [9.17, 15) is 14.4 Å². The van der Waals surface area contributed by atoms with E-state index < -0.39 is 11.9 Å². The Kier molecular flexibility index (Phi) is 4.04. The molecule has 0 aliphatic carbocycles. The van der Waals surface area contributed by atoms with Crippen LogP contribution in [0.25, 0.3) is 0 Å². The summed E-state index contributed by atoms with van der Waals surface area (Å²) in [5.74, 6) is -2.18. The number of ether oxygens (including phenoxy) is 1. The number of anilines is 1. The van der Waals surface area contributed by atoms with Crippen LogP contribution in [0.3, 0.4) is 0 Å².